The first-order valence-corrected chi connectivity index (χ1v) is 7.51. The zero-order valence-electron chi connectivity index (χ0n) is 13.1. The Morgan fingerprint density at radius 3 is 2.74 bits per heavy atom. The molecule has 0 aliphatic carbocycles. The summed E-state index contributed by atoms with van der Waals surface area (Å²) in [4.78, 5) is 26.0. The fraction of sp³-hybridized carbons (Fsp3) is 0.353. The van der Waals surface area contributed by atoms with Crippen LogP contribution >= 0.6 is 0 Å². The van der Waals surface area contributed by atoms with Crippen molar-refractivity contribution in [1.82, 2.24) is 5.16 Å². The van der Waals surface area contributed by atoms with E-state index in [1.165, 1.54) is 0 Å². The Balaban J connectivity index is 1.60. The molecule has 6 nitrogen and oxygen atoms in total. The van der Waals surface area contributed by atoms with E-state index in [1.54, 1.807) is 18.7 Å². The third kappa shape index (κ3) is 3.11. The van der Waals surface area contributed by atoms with Crippen LogP contribution < -0.4 is 4.90 Å². The van der Waals surface area contributed by atoms with Gasteiger partial charge in [0.05, 0.1) is 12.3 Å². The number of aromatic nitrogens is 1. The summed E-state index contributed by atoms with van der Waals surface area (Å²) in [5.74, 6) is 0.0366. The predicted octanol–water partition coefficient (Wildman–Crippen LogP) is 2.50. The first-order valence-electron chi connectivity index (χ1n) is 7.51. The van der Waals surface area contributed by atoms with Gasteiger partial charge in [0.25, 0.3) is 0 Å². The Hall–Kier alpha value is -2.63. The molecule has 1 aliphatic heterocycles. The van der Waals surface area contributed by atoms with E-state index in [2.05, 4.69) is 5.16 Å². The largest absolute Gasteiger partial charge is 0.462 e. The van der Waals surface area contributed by atoms with Crippen LogP contribution in [0.1, 0.15) is 28.2 Å². The molecule has 120 valence electrons. The molecule has 1 aromatic carbocycles. The van der Waals surface area contributed by atoms with Gasteiger partial charge in [-0.3, -0.25) is 4.79 Å². The molecule has 1 saturated heterocycles. The van der Waals surface area contributed by atoms with Crippen LogP contribution in [0.3, 0.4) is 0 Å². The molecular formula is C17H18N2O4. The third-order valence-electron chi connectivity index (χ3n) is 3.96. The van der Waals surface area contributed by atoms with Crippen LogP contribution in [0.25, 0.3) is 0 Å². The van der Waals surface area contributed by atoms with Gasteiger partial charge in [0, 0.05) is 24.6 Å². The number of hydrogen-bond donors (Lipinski definition) is 0. The number of anilines is 1. The lowest BCUT2D eigenvalue weighted by atomic mass is 10.1. The molecule has 6 heteroatoms. The number of carbonyl (C=O) groups is 2. The molecule has 1 unspecified atom stereocenters. The monoisotopic (exact) mass is 314 g/mol. The average molecular weight is 314 g/mol. The van der Waals surface area contributed by atoms with Crippen LogP contribution in [0.5, 0.6) is 0 Å². The average Bonchev–Trinajstić information content (AvgIpc) is 3.08. The number of para-hydroxylation sites is 1. The molecule has 1 fully saturated rings. The maximum Gasteiger partial charge on any atom is 0.343 e. The summed E-state index contributed by atoms with van der Waals surface area (Å²) in [5, 5.41) is 3.74. The van der Waals surface area contributed by atoms with Gasteiger partial charge in [-0.1, -0.05) is 23.4 Å². The quantitative estimate of drug-likeness (QED) is 0.811. The van der Waals surface area contributed by atoms with Crippen molar-refractivity contribution in [3.05, 3.63) is 47.3 Å². The number of nitrogens with zero attached hydrogens (tertiary/aromatic N) is 2. The maximum absolute atomic E-state index is 12.1. The van der Waals surface area contributed by atoms with Crippen LogP contribution in [0.4, 0.5) is 5.69 Å². The van der Waals surface area contributed by atoms with Crippen LogP contribution in [0, 0.1) is 19.8 Å². The van der Waals surface area contributed by atoms with E-state index in [9.17, 15) is 9.59 Å². The zero-order chi connectivity index (χ0) is 16.4. The van der Waals surface area contributed by atoms with Gasteiger partial charge in [0.15, 0.2) is 0 Å². The number of hydrogen-bond acceptors (Lipinski definition) is 5. The molecule has 2 aromatic rings. The summed E-state index contributed by atoms with van der Waals surface area (Å²) in [6, 6.07) is 9.50. The molecule has 3 rings (SSSR count). The maximum atomic E-state index is 12.1. The van der Waals surface area contributed by atoms with Crippen molar-refractivity contribution in [3.8, 4) is 0 Å². The SMILES string of the molecule is Cc1noc(C)c1C(=O)OCC1CC(=O)N(c2ccccc2)C1. The molecule has 0 radical (unpaired) electrons. The third-order valence-corrected chi connectivity index (χ3v) is 3.96. The number of ether oxygens (including phenoxy) is 1. The molecular weight excluding hydrogens is 296 g/mol. The second kappa shape index (κ2) is 6.24. The lowest BCUT2D eigenvalue weighted by molar-refractivity contribution is -0.117. The second-order valence-electron chi connectivity index (χ2n) is 5.71. The minimum Gasteiger partial charge on any atom is -0.462 e. The number of carbonyl (C=O) groups excluding carboxylic acids is 2. The summed E-state index contributed by atoms with van der Waals surface area (Å²) in [6.07, 6.45) is 0.379. The van der Waals surface area contributed by atoms with Gasteiger partial charge in [-0.25, -0.2) is 4.79 Å². The molecule has 1 atom stereocenters. The Morgan fingerprint density at radius 1 is 1.35 bits per heavy atom. The number of rotatable bonds is 4. The zero-order valence-corrected chi connectivity index (χ0v) is 13.1. The van der Waals surface area contributed by atoms with Crippen molar-refractivity contribution in [2.45, 2.75) is 20.3 Å². The van der Waals surface area contributed by atoms with Crippen molar-refractivity contribution in [2.24, 2.45) is 5.92 Å². The number of benzene rings is 1. The highest BCUT2D eigenvalue weighted by Gasteiger charge is 2.32. The van der Waals surface area contributed by atoms with Gasteiger partial charge in [0.1, 0.15) is 11.3 Å². The van der Waals surface area contributed by atoms with E-state index < -0.39 is 5.97 Å². The minimum absolute atomic E-state index is 0.00729. The van der Waals surface area contributed by atoms with E-state index in [0.29, 0.717) is 30.0 Å². The molecule has 23 heavy (non-hydrogen) atoms. The summed E-state index contributed by atoms with van der Waals surface area (Å²) in [5.41, 5.74) is 1.76. The van der Waals surface area contributed by atoms with Crippen molar-refractivity contribution in [1.29, 1.82) is 0 Å². The first kappa shape index (κ1) is 15.3. The van der Waals surface area contributed by atoms with Crippen LogP contribution in [-0.2, 0) is 9.53 Å². The van der Waals surface area contributed by atoms with Gasteiger partial charge in [-0.05, 0) is 26.0 Å². The van der Waals surface area contributed by atoms with Crippen molar-refractivity contribution in [3.63, 3.8) is 0 Å². The van der Waals surface area contributed by atoms with E-state index in [1.807, 2.05) is 30.3 Å². The highest BCUT2D eigenvalue weighted by molar-refractivity contribution is 5.96. The smallest absolute Gasteiger partial charge is 0.343 e. The molecule has 0 spiro atoms. The van der Waals surface area contributed by atoms with Gasteiger partial charge in [-0.2, -0.15) is 0 Å². The normalized spacial score (nSPS) is 17.6. The standard InChI is InChI=1S/C17H18N2O4/c1-11-16(12(2)23-18-11)17(21)22-10-13-8-15(20)19(9-13)14-6-4-3-5-7-14/h3-7,13H,8-10H2,1-2H3. The topological polar surface area (TPSA) is 72.6 Å². The van der Waals surface area contributed by atoms with Gasteiger partial charge in [0.2, 0.25) is 5.91 Å². The fourth-order valence-corrected chi connectivity index (χ4v) is 2.79. The Bertz CT molecular complexity index is 704. The minimum atomic E-state index is -0.452. The number of aryl methyl sites for hydroxylation is 2. The summed E-state index contributed by atoms with van der Waals surface area (Å²) >= 11 is 0. The molecule has 0 saturated carbocycles. The van der Waals surface area contributed by atoms with Crippen LogP contribution in [-0.4, -0.2) is 30.2 Å². The molecule has 1 aliphatic rings. The molecule has 2 heterocycles. The molecule has 0 bridgehead atoms. The van der Waals surface area contributed by atoms with Crippen molar-refractivity contribution < 1.29 is 18.8 Å². The molecule has 1 aromatic heterocycles. The number of amides is 1. The lowest BCUT2D eigenvalue weighted by Crippen LogP contribution is -2.25. The van der Waals surface area contributed by atoms with E-state index in [-0.39, 0.29) is 18.4 Å². The van der Waals surface area contributed by atoms with Gasteiger partial charge < -0.3 is 14.2 Å². The predicted molar refractivity (Wildman–Crippen MR) is 83.2 cm³/mol. The Labute approximate surface area is 134 Å². The van der Waals surface area contributed by atoms with Crippen molar-refractivity contribution in [2.75, 3.05) is 18.1 Å². The van der Waals surface area contributed by atoms with Gasteiger partial charge >= 0.3 is 5.97 Å². The lowest BCUT2D eigenvalue weighted by Gasteiger charge is -2.16. The van der Waals surface area contributed by atoms with Crippen LogP contribution in [0.15, 0.2) is 34.9 Å². The first-order chi connectivity index (χ1) is 11.1. The highest BCUT2D eigenvalue weighted by Crippen LogP contribution is 2.25. The second-order valence-corrected chi connectivity index (χ2v) is 5.71. The van der Waals surface area contributed by atoms with Crippen molar-refractivity contribution >= 4 is 17.6 Å². The summed E-state index contributed by atoms with van der Waals surface area (Å²) < 4.78 is 10.3. The van der Waals surface area contributed by atoms with E-state index in [0.717, 1.165) is 5.69 Å². The van der Waals surface area contributed by atoms with E-state index in [4.69, 9.17) is 9.26 Å². The van der Waals surface area contributed by atoms with Crippen LogP contribution in [0.2, 0.25) is 0 Å². The molecule has 1 amide bonds. The fourth-order valence-electron chi connectivity index (χ4n) is 2.79. The van der Waals surface area contributed by atoms with E-state index >= 15 is 0 Å². The Morgan fingerprint density at radius 2 is 2.09 bits per heavy atom. The highest BCUT2D eigenvalue weighted by atomic mass is 16.5. The van der Waals surface area contributed by atoms with Gasteiger partial charge in [-0.15, -0.1) is 0 Å². The number of esters is 1. The molecule has 0 N–H and O–H groups in total. The Kier molecular flexibility index (Phi) is 4.14. The summed E-state index contributed by atoms with van der Waals surface area (Å²) in [7, 11) is 0. The summed E-state index contributed by atoms with van der Waals surface area (Å²) in [6.45, 7) is 4.13.